The van der Waals surface area contributed by atoms with E-state index < -0.39 is 11.7 Å². The van der Waals surface area contributed by atoms with Crippen molar-refractivity contribution in [2.24, 2.45) is 5.92 Å². The third-order valence-corrected chi connectivity index (χ3v) is 4.94. The monoisotopic (exact) mass is 370 g/mol. The zero-order valence-corrected chi connectivity index (χ0v) is 15.2. The first kappa shape index (κ1) is 19.5. The maximum Gasteiger partial charge on any atom is 0.416 e. The van der Waals surface area contributed by atoms with Gasteiger partial charge in [-0.1, -0.05) is 6.92 Å². The Hall–Kier alpha value is -1.82. The van der Waals surface area contributed by atoms with E-state index in [-0.39, 0.29) is 5.92 Å². The van der Waals surface area contributed by atoms with Gasteiger partial charge in [0.15, 0.2) is 0 Å². The number of hydrogen-bond acceptors (Lipinski definition) is 3. The zero-order chi connectivity index (χ0) is 18.4. The van der Waals surface area contributed by atoms with E-state index in [0.29, 0.717) is 12.4 Å². The maximum absolute atomic E-state index is 12.5. The average molecular weight is 370 g/mol. The van der Waals surface area contributed by atoms with Crippen LogP contribution >= 0.6 is 11.8 Å². The number of hydrogen-bond donors (Lipinski definition) is 0. The molecule has 0 radical (unpaired) electrons. The van der Waals surface area contributed by atoms with Crippen LogP contribution < -0.4 is 9.47 Å². The molecular formula is C19H21F3O2S. The summed E-state index contributed by atoms with van der Waals surface area (Å²) in [5.74, 6) is 2.43. The van der Waals surface area contributed by atoms with Crippen molar-refractivity contribution < 1.29 is 22.6 Å². The molecule has 25 heavy (non-hydrogen) atoms. The third-order valence-electron chi connectivity index (χ3n) is 3.62. The van der Waals surface area contributed by atoms with Crippen molar-refractivity contribution in [1.82, 2.24) is 0 Å². The van der Waals surface area contributed by atoms with Gasteiger partial charge in [0.05, 0.1) is 19.3 Å². The molecule has 0 bridgehead atoms. The van der Waals surface area contributed by atoms with E-state index in [1.807, 2.05) is 26.0 Å². The van der Waals surface area contributed by atoms with Crippen LogP contribution in [0.15, 0.2) is 47.4 Å². The van der Waals surface area contributed by atoms with E-state index in [0.717, 1.165) is 34.1 Å². The Labute approximate surface area is 150 Å². The lowest BCUT2D eigenvalue weighted by Gasteiger charge is -2.14. The van der Waals surface area contributed by atoms with Crippen molar-refractivity contribution in [1.29, 1.82) is 0 Å². The number of thioether (sulfide) groups is 1. The van der Waals surface area contributed by atoms with Crippen molar-refractivity contribution in [3.63, 3.8) is 0 Å². The first-order valence-corrected chi connectivity index (χ1v) is 8.85. The largest absolute Gasteiger partial charge is 0.496 e. The molecule has 6 heteroatoms. The van der Waals surface area contributed by atoms with Crippen LogP contribution in [0.1, 0.15) is 18.1 Å². The number of methoxy groups -OCH3 is 1. The fraction of sp³-hybridized carbons (Fsp3) is 0.368. The molecule has 0 fully saturated rings. The second kappa shape index (κ2) is 8.52. The van der Waals surface area contributed by atoms with Crippen LogP contribution in [0.2, 0.25) is 0 Å². The minimum atomic E-state index is -4.32. The van der Waals surface area contributed by atoms with Gasteiger partial charge in [-0.2, -0.15) is 13.2 Å². The van der Waals surface area contributed by atoms with Gasteiger partial charge in [-0.3, -0.25) is 0 Å². The summed E-state index contributed by atoms with van der Waals surface area (Å²) in [7, 11) is 1.65. The number of rotatable bonds is 7. The number of alkyl halides is 3. The zero-order valence-electron chi connectivity index (χ0n) is 14.4. The van der Waals surface area contributed by atoms with Crippen molar-refractivity contribution >= 4 is 11.8 Å². The second-order valence-corrected chi connectivity index (χ2v) is 6.97. The number of benzene rings is 2. The minimum absolute atomic E-state index is 0.259. The highest BCUT2D eigenvalue weighted by Gasteiger charge is 2.30. The van der Waals surface area contributed by atoms with Crippen LogP contribution in [0.3, 0.4) is 0 Å². The molecule has 0 N–H and O–H groups in total. The first-order chi connectivity index (χ1) is 11.8. The van der Waals surface area contributed by atoms with Crippen molar-refractivity contribution in [3.8, 4) is 11.5 Å². The number of ether oxygens (including phenoxy) is 2. The molecule has 2 nitrogen and oxygen atoms in total. The molecule has 0 saturated carbocycles. The molecule has 0 aliphatic rings. The van der Waals surface area contributed by atoms with Gasteiger partial charge in [0.1, 0.15) is 11.5 Å². The summed E-state index contributed by atoms with van der Waals surface area (Å²) in [5, 5.41) is 0. The third kappa shape index (κ3) is 5.88. The molecule has 0 aliphatic heterocycles. The summed E-state index contributed by atoms with van der Waals surface area (Å²) < 4.78 is 48.4. The van der Waals surface area contributed by atoms with Gasteiger partial charge in [-0.25, -0.2) is 0 Å². The van der Waals surface area contributed by atoms with Crippen LogP contribution in [0.5, 0.6) is 11.5 Å². The molecule has 2 rings (SSSR count). The molecule has 0 heterocycles. The van der Waals surface area contributed by atoms with Gasteiger partial charge in [0.25, 0.3) is 0 Å². The lowest BCUT2D eigenvalue weighted by atomic mass is 10.2. The van der Waals surface area contributed by atoms with Gasteiger partial charge < -0.3 is 9.47 Å². The Morgan fingerprint density at radius 3 is 2.32 bits per heavy atom. The van der Waals surface area contributed by atoms with Crippen molar-refractivity contribution in [2.75, 3.05) is 19.5 Å². The van der Waals surface area contributed by atoms with E-state index in [4.69, 9.17) is 9.47 Å². The van der Waals surface area contributed by atoms with Gasteiger partial charge in [-0.15, -0.1) is 11.8 Å². The number of halogens is 3. The summed E-state index contributed by atoms with van der Waals surface area (Å²) in [4.78, 5) is 1.15. The van der Waals surface area contributed by atoms with Crippen LogP contribution in [0, 0.1) is 12.8 Å². The fourth-order valence-corrected chi connectivity index (χ4v) is 3.20. The predicted octanol–water partition coefficient (Wildman–Crippen LogP) is 5.83. The first-order valence-electron chi connectivity index (χ1n) is 7.87. The topological polar surface area (TPSA) is 18.5 Å². The van der Waals surface area contributed by atoms with Crippen LogP contribution in [0.4, 0.5) is 13.2 Å². The van der Waals surface area contributed by atoms with E-state index in [9.17, 15) is 13.2 Å². The predicted molar refractivity (Wildman–Crippen MR) is 94.6 cm³/mol. The molecule has 0 saturated heterocycles. The smallest absolute Gasteiger partial charge is 0.416 e. The summed E-state index contributed by atoms with van der Waals surface area (Å²) >= 11 is 1.72. The lowest BCUT2D eigenvalue weighted by molar-refractivity contribution is -0.137. The number of aryl methyl sites for hydroxylation is 1. The second-order valence-electron chi connectivity index (χ2n) is 5.88. The van der Waals surface area contributed by atoms with Gasteiger partial charge in [0, 0.05) is 10.6 Å². The summed E-state index contributed by atoms with van der Waals surface area (Å²) in [6.45, 7) is 4.50. The summed E-state index contributed by atoms with van der Waals surface area (Å²) in [5.41, 5.74) is 0.416. The molecule has 1 unspecified atom stereocenters. The fourth-order valence-electron chi connectivity index (χ4n) is 2.21. The molecule has 136 valence electrons. The Balaban J connectivity index is 1.80. The molecular weight excluding hydrogens is 349 g/mol. The highest BCUT2D eigenvalue weighted by atomic mass is 32.2. The average Bonchev–Trinajstić information content (AvgIpc) is 2.58. The maximum atomic E-state index is 12.5. The molecule has 0 spiro atoms. The Kier molecular flexibility index (Phi) is 6.64. The lowest BCUT2D eigenvalue weighted by Crippen LogP contribution is -2.11. The summed E-state index contributed by atoms with van der Waals surface area (Å²) in [6.07, 6.45) is -4.32. The van der Waals surface area contributed by atoms with Crippen molar-refractivity contribution in [3.05, 3.63) is 53.6 Å². The van der Waals surface area contributed by atoms with E-state index in [1.165, 1.54) is 12.1 Å². The van der Waals surface area contributed by atoms with E-state index in [2.05, 4.69) is 6.07 Å². The normalized spacial score (nSPS) is 12.7. The van der Waals surface area contributed by atoms with Crippen molar-refractivity contribution in [2.45, 2.75) is 24.9 Å². The van der Waals surface area contributed by atoms with Gasteiger partial charge in [0.2, 0.25) is 0 Å². The highest BCUT2D eigenvalue weighted by molar-refractivity contribution is 7.99. The van der Waals surface area contributed by atoms with E-state index >= 15 is 0 Å². The van der Waals surface area contributed by atoms with Gasteiger partial charge >= 0.3 is 6.18 Å². The van der Waals surface area contributed by atoms with E-state index in [1.54, 1.807) is 18.9 Å². The molecule has 2 aromatic carbocycles. The molecule has 0 aromatic heterocycles. The molecule has 0 amide bonds. The standard InChI is InChI=1S/C19H21F3O2S/c1-13(12-25-17-8-9-18(23-3)14(2)10-17)11-24-16-6-4-15(5-7-16)19(20,21)22/h4-10,13H,11-12H2,1-3H3. The van der Waals surface area contributed by atoms with Crippen LogP contribution in [-0.4, -0.2) is 19.5 Å². The Bertz CT molecular complexity index is 684. The molecule has 1 atom stereocenters. The Morgan fingerprint density at radius 1 is 1.08 bits per heavy atom. The molecule has 2 aromatic rings. The quantitative estimate of drug-likeness (QED) is 0.571. The molecule has 0 aliphatic carbocycles. The van der Waals surface area contributed by atoms with Gasteiger partial charge in [-0.05, 0) is 60.9 Å². The van der Waals surface area contributed by atoms with Crippen LogP contribution in [-0.2, 0) is 6.18 Å². The Morgan fingerprint density at radius 2 is 1.76 bits per heavy atom. The highest BCUT2D eigenvalue weighted by Crippen LogP contribution is 2.30. The summed E-state index contributed by atoms with van der Waals surface area (Å²) in [6, 6.07) is 10.8. The van der Waals surface area contributed by atoms with Crippen LogP contribution in [0.25, 0.3) is 0 Å². The SMILES string of the molecule is COc1ccc(SCC(C)COc2ccc(C(F)(F)F)cc2)cc1C. The minimum Gasteiger partial charge on any atom is -0.496 e.